The van der Waals surface area contributed by atoms with E-state index < -0.39 is 11.8 Å². The van der Waals surface area contributed by atoms with Gasteiger partial charge in [0.2, 0.25) is 0 Å². The minimum Gasteiger partial charge on any atom is -0.268 e. The Hall–Kier alpha value is -3.33. The van der Waals surface area contributed by atoms with E-state index in [9.17, 15) is 18.8 Å². The summed E-state index contributed by atoms with van der Waals surface area (Å²) in [7, 11) is 0. The lowest BCUT2D eigenvalue weighted by Gasteiger charge is -2.07. The van der Waals surface area contributed by atoms with Crippen molar-refractivity contribution in [3.05, 3.63) is 75.3 Å². The van der Waals surface area contributed by atoms with Gasteiger partial charge in [-0.15, -0.1) is 11.3 Å². The molecule has 0 aliphatic carbocycles. The standard InChI is InChI=1S/C19H17FN4O3S/c1-2-11-24-17(25)10-7-14(23-24)18(26)21-22-19(27)16-9-8-15(28-16)12-3-5-13(20)6-4-12/h3-10H,2,11H2,1H3,(H,21,26)(H,22,27). The van der Waals surface area contributed by atoms with Gasteiger partial charge in [0.1, 0.15) is 5.82 Å². The van der Waals surface area contributed by atoms with Gasteiger partial charge in [-0.25, -0.2) is 9.07 Å². The van der Waals surface area contributed by atoms with Crippen LogP contribution in [0, 0.1) is 5.82 Å². The maximum absolute atomic E-state index is 13.0. The number of nitrogens with one attached hydrogen (secondary N) is 2. The summed E-state index contributed by atoms with van der Waals surface area (Å²) in [5.74, 6) is -1.46. The fourth-order valence-corrected chi connectivity index (χ4v) is 3.32. The molecule has 0 aliphatic rings. The van der Waals surface area contributed by atoms with E-state index in [0.717, 1.165) is 10.4 Å². The van der Waals surface area contributed by atoms with Gasteiger partial charge in [-0.05, 0) is 42.3 Å². The molecule has 1 aromatic carbocycles. The van der Waals surface area contributed by atoms with Crippen molar-refractivity contribution in [3.63, 3.8) is 0 Å². The second-order valence-electron chi connectivity index (χ2n) is 5.86. The van der Waals surface area contributed by atoms with E-state index in [1.165, 1.54) is 40.3 Å². The van der Waals surface area contributed by atoms with Crippen molar-refractivity contribution < 1.29 is 14.0 Å². The van der Waals surface area contributed by atoms with E-state index in [-0.39, 0.29) is 17.1 Å². The number of hydrogen-bond acceptors (Lipinski definition) is 5. The average molecular weight is 400 g/mol. The quantitative estimate of drug-likeness (QED) is 0.644. The van der Waals surface area contributed by atoms with Gasteiger partial charge in [-0.2, -0.15) is 5.10 Å². The molecule has 0 fully saturated rings. The first-order valence-electron chi connectivity index (χ1n) is 8.52. The van der Waals surface area contributed by atoms with Gasteiger partial charge in [0.15, 0.2) is 5.69 Å². The summed E-state index contributed by atoms with van der Waals surface area (Å²) in [4.78, 5) is 37.2. The summed E-state index contributed by atoms with van der Waals surface area (Å²) in [6.07, 6.45) is 0.698. The average Bonchev–Trinajstić information content (AvgIpc) is 3.18. The number of aryl methyl sites for hydroxylation is 1. The Morgan fingerprint density at radius 1 is 1.04 bits per heavy atom. The molecule has 0 unspecified atom stereocenters. The fraction of sp³-hybridized carbons (Fsp3) is 0.158. The monoisotopic (exact) mass is 400 g/mol. The SMILES string of the molecule is CCCn1nc(C(=O)NNC(=O)c2ccc(-c3ccc(F)cc3)s2)ccc1=O. The van der Waals surface area contributed by atoms with Crippen LogP contribution in [0.15, 0.2) is 53.3 Å². The van der Waals surface area contributed by atoms with Gasteiger partial charge in [0.05, 0.1) is 4.88 Å². The molecule has 2 aromatic heterocycles. The van der Waals surface area contributed by atoms with Crippen molar-refractivity contribution in [2.45, 2.75) is 19.9 Å². The molecule has 144 valence electrons. The third-order valence-corrected chi connectivity index (χ3v) is 4.92. The summed E-state index contributed by atoms with van der Waals surface area (Å²) in [5, 5.41) is 3.98. The van der Waals surface area contributed by atoms with Crippen molar-refractivity contribution in [1.82, 2.24) is 20.6 Å². The van der Waals surface area contributed by atoms with Crippen molar-refractivity contribution in [2.75, 3.05) is 0 Å². The summed E-state index contributed by atoms with van der Waals surface area (Å²) in [6, 6.07) is 11.9. The van der Waals surface area contributed by atoms with Crippen LogP contribution >= 0.6 is 11.3 Å². The zero-order valence-electron chi connectivity index (χ0n) is 14.9. The number of amides is 2. The molecule has 2 N–H and O–H groups in total. The minimum absolute atomic E-state index is 0.0199. The lowest BCUT2D eigenvalue weighted by Crippen LogP contribution is -2.42. The first kappa shape index (κ1) is 19.4. The highest BCUT2D eigenvalue weighted by Crippen LogP contribution is 2.28. The Kier molecular flexibility index (Phi) is 5.95. The molecule has 0 aliphatic heterocycles. The summed E-state index contributed by atoms with van der Waals surface area (Å²) < 4.78 is 14.2. The third kappa shape index (κ3) is 4.49. The highest BCUT2D eigenvalue weighted by molar-refractivity contribution is 7.17. The van der Waals surface area contributed by atoms with Crippen molar-refractivity contribution in [2.24, 2.45) is 0 Å². The van der Waals surface area contributed by atoms with Crippen LogP contribution in [-0.4, -0.2) is 21.6 Å². The van der Waals surface area contributed by atoms with E-state index >= 15 is 0 Å². The molecule has 7 nitrogen and oxygen atoms in total. The fourth-order valence-electron chi connectivity index (χ4n) is 2.41. The number of thiophene rings is 1. The smallest absolute Gasteiger partial charge is 0.268 e. The Bertz CT molecular complexity index is 1060. The molecule has 0 spiro atoms. The number of nitrogens with zero attached hydrogens (tertiary/aromatic N) is 2. The van der Waals surface area contributed by atoms with E-state index in [1.807, 2.05) is 6.92 Å². The van der Waals surface area contributed by atoms with E-state index in [1.54, 1.807) is 24.3 Å². The number of aromatic nitrogens is 2. The van der Waals surface area contributed by atoms with E-state index in [2.05, 4.69) is 16.0 Å². The van der Waals surface area contributed by atoms with Crippen LogP contribution in [0.4, 0.5) is 4.39 Å². The van der Waals surface area contributed by atoms with Crippen LogP contribution in [0.3, 0.4) is 0 Å². The van der Waals surface area contributed by atoms with Crippen LogP contribution in [0.1, 0.15) is 33.5 Å². The molecule has 9 heteroatoms. The minimum atomic E-state index is -0.631. The Morgan fingerprint density at radius 2 is 1.75 bits per heavy atom. The number of carbonyl (C=O) groups is 2. The van der Waals surface area contributed by atoms with Crippen LogP contribution in [0.25, 0.3) is 10.4 Å². The van der Waals surface area contributed by atoms with Gasteiger partial charge in [0, 0.05) is 17.5 Å². The molecule has 0 saturated carbocycles. The molecular formula is C19H17FN4O3S. The van der Waals surface area contributed by atoms with E-state index in [0.29, 0.717) is 17.8 Å². The number of hydrogen-bond donors (Lipinski definition) is 2. The number of carbonyl (C=O) groups excluding carboxylic acids is 2. The number of halogens is 1. The Balaban J connectivity index is 1.64. The number of rotatable bonds is 5. The molecule has 28 heavy (non-hydrogen) atoms. The Morgan fingerprint density at radius 3 is 2.46 bits per heavy atom. The van der Waals surface area contributed by atoms with Crippen molar-refractivity contribution >= 4 is 23.2 Å². The van der Waals surface area contributed by atoms with Gasteiger partial charge >= 0.3 is 0 Å². The van der Waals surface area contributed by atoms with Gasteiger partial charge < -0.3 is 0 Å². The predicted octanol–water partition coefficient (Wildman–Crippen LogP) is 2.60. The summed E-state index contributed by atoms with van der Waals surface area (Å²) >= 11 is 1.21. The first-order valence-corrected chi connectivity index (χ1v) is 9.34. The van der Waals surface area contributed by atoms with Gasteiger partial charge in [0.25, 0.3) is 17.4 Å². The molecule has 2 amide bonds. The van der Waals surface area contributed by atoms with Gasteiger partial charge in [-0.1, -0.05) is 19.1 Å². The first-order chi connectivity index (χ1) is 13.5. The van der Waals surface area contributed by atoms with Crippen molar-refractivity contribution in [1.29, 1.82) is 0 Å². The molecule has 2 heterocycles. The van der Waals surface area contributed by atoms with Crippen LogP contribution in [0.5, 0.6) is 0 Å². The number of hydrazine groups is 1. The van der Waals surface area contributed by atoms with Crippen LogP contribution in [-0.2, 0) is 6.54 Å². The predicted molar refractivity (Wildman–Crippen MR) is 103 cm³/mol. The third-order valence-electron chi connectivity index (χ3n) is 3.78. The normalized spacial score (nSPS) is 10.5. The molecule has 0 saturated heterocycles. The van der Waals surface area contributed by atoms with Crippen molar-refractivity contribution in [3.8, 4) is 10.4 Å². The molecular weight excluding hydrogens is 383 g/mol. The molecule has 0 atom stereocenters. The topological polar surface area (TPSA) is 93.1 Å². The van der Waals surface area contributed by atoms with Crippen LogP contribution < -0.4 is 16.4 Å². The Labute approximate surface area is 163 Å². The van der Waals surface area contributed by atoms with Crippen LogP contribution in [0.2, 0.25) is 0 Å². The molecule has 0 bridgehead atoms. The van der Waals surface area contributed by atoms with Gasteiger partial charge in [-0.3, -0.25) is 25.2 Å². The zero-order chi connectivity index (χ0) is 20.1. The summed E-state index contributed by atoms with van der Waals surface area (Å²) in [6.45, 7) is 2.29. The lowest BCUT2D eigenvalue weighted by atomic mass is 10.2. The second-order valence-corrected chi connectivity index (χ2v) is 6.94. The molecule has 0 radical (unpaired) electrons. The van der Waals surface area contributed by atoms with E-state index in [4.69, 9.17) is 0 Å². The maximum atomic E-state index is 13.0. The lowest BCUT2D eigenvalue weighted by molar-refractivity contribution is 0.0844. The maximum Gasteiger partial charge on any atom is 0.290 e. The zero-order valence-corrected chi connectivity index (χ0v) is 15.8. The molecule has 3 aromatic rings. The highest BCUT2D eigenvalue weighted by atomic mass is 32.1. The highest BCUT2D eigenvalue weighted by Gasteiger charge is 2.14. The number of benzene rings is 1. The summed E-state index contributed by atoms with van der Waals surface area (Å²) in [5.41, 5.74) is 5.12. The largest absolute Gasteiger partial charge is 0.290 e. The second kappa shape index (κ2) is 8.57. The molecule has 3 rings (SSSR count).